The Morgan fingerprint density at radius 1 is 1.33 bits per heavy atom. The zero-order chi connectivity index (χ0) is 10.9. The molecule has 2 heteroatoms. The lowest BCUT2D eigenvalue weighted by Gasteiger charge is -2.15. The van der Waals surface area contributed by atoms with E-state index in [1.165, 1.54) is 5.56 Å². The molecule has 0 spiro atoms. The number of terminal acetylenes is 1. The third kappa shape index (κ3) is 5.19. The molecule has 0 atom stereocenters. The average Bonchev–Trinajstić information content (AvgIpc) is 2.28. The Hall–Kier alpha value is -1.33. The van der Waals surface area contributed by atoms with E-state index in [1.54, 1.807) is 0 Å². The molecule has 1 rings (SSSR count). The van der Waals surface area contributed by atoms with E-state index >= 15 is 0 Å². The fraction of sp³-hybridized carbons (Fsp3) is 0.462. The highest BCUT2D eigenvalue weighted by Gasteiger charge is 1.98. The van der Waals surface area contributed by atoms with Crippen LogP contribution in [0.15, 0.2) is 24.5 Å². The van der Waals surface area contributed by atoms with Gasteiger partial charge in [-0.1, -0.05) is 0 Å². The first-order valence-corrected chi connectivity index (χ1v) is 5.34. The molecule has 0 amide bonds. The van der Waals surface area contributed by atoms with Gasteiger partial charge in [-0.05, 0) is 44.1 Å². The van der Waals surface area contributed by atoms with Crippen molar-refractivity contribution in [3.63, 3.8) is 0 Å². The van der Waals surface area contributed by atoms with Crippen LogP contribution in [0.4, 0.5) is 0 Å². The molecule has 0 aliphatic rings. The quantitative estimate of drug-likeness (QED) is 0.518. The molecule has 0 aromatic carbocycles. The van der Waals surface area contributed by atoms with Gasteiger partial charge in [-0.3, -0.25) is 4.98 Å². The molecule has 0 radical (unpaired) electrons. The Labute approximate surface area is 92.3 Å². The van der Waals surface area contributed by atoms with Crippen LogP contribution in [-0.4, -0.2) is 30.0 Å². The summed E-state index contributed by atoms with van der Waals surface area (Å²) >= 11 is 0. The van der Waals surface area contributed by atoms with Gasteiger partial charge in [0.1, 0.15) is 0 Å². The van der Waals surface area contributed by atoms with Crippen LogP contribution < -0.4 is 0 Å². The van der Waals surface area contributed by atoms with Crippen LogP contribution in [0.1, 0.15) is 18.4 Å². The second-order valence-corrected chi connectivity index (χ2v) is 3.72. The molecule has 1 aromatic heterocycles. The number of likely N-dealkylation sites (N-methyl/N-ethyl adjacent to an activating group) is 1. The molecule has 0 aliphatic carbocycles. The highest BCUT2D eigenvalue weighted by atomic mass is 15.1. The smallest absolute Gasteiger partial charge is 0.0270 e. The maximum atomic E-state index is 5.20. The van der Waals surface area contributed by atoms with Crippen molar-refractivity contribution in [1.29, 1.82) is 0 Å². The van der Waals surface area contributed by atoms with E-state index in [2.05, 4.69) is 35.0 Å². The lowest BCUT2D eigenvalue weighted by Crippen LogP contribution is -2.22. The summed E-state index contributed by atoms with van der Waals surface area (Å²) in [6, 6.07) is 4.13. The predicted molar refractivity (Wildman–Crippen MR) is 63.5 cm³/mol. The van der Waals surface area contributed by atoms with E-state index in [4.69, 9.17) is 6.42 Å². The highest BCUT2D eigenvalue weighted by Crippen LogP contribution is 1.99. The van der Waals surface area contributed by atoms with Crippen LogP contribution in [0.25, 0.3) is 0 Å². The summed E-state index contributed by atoms with van der Waals surface area (Å²) in [4.78, 5) is 6.31. The summed E-state index contributed by atoms with van der Waals surface area (Å²) in [7, 11) is 2.14. The summed E-state index contributed by atoms with van der Waals surface area (Å²) in [5.41, 5.74) is 1.34. The molecule has 80 valence electrons. The number of rotatable bonds is 6. The molecular formula is C13H18N2. The number of unbranched alkanes of at least 4 members (excludes halogenated alkanes) is 1. The van der Waals surface area contributed by atoms with E-state index in [0.717, 1.165) is 32.4 Å². The van der Waals surface area contributed by atoms with Crippen LogP contribution in [0, 0.1) is 12.3 Å². The Kier molecular flexibility index (Phi) is 5.50. The molecular weight excluding hydrogens is 184 g/mol. The lowest BCUT2D eigenvalue weighted by atomic mass is 10.2. The molecule has 0 saturated heterocycles. The zero-order valence-electron chi connectivity index (χ0n) is 9.32. The van der Waals surface area contributed by atoms with Crippen LogP contribution >= 0.6 is 0 Å². The second-order valence-electron chi connectivity index (χ2n) is 3.72. The molecule has 0 bridgehead atoms. The molecule has 0 saturated carbocycles. The van der Waals surface area contributed by atoms with Crippen molar-refractivity contribution in [3.8, 4) is 12.3 Å². The maximum Gasteiger partial charge on any atom is 0.0270 e. The van der Waals surface area contributed by atoms with Crippen molar-refractivity contribution in [3.05, 3.63) is 30.1 Å². The first-order valence-electron chi connectivity index (χ1n) is 5.34. The van der Waals surface area contributed by atoms with Gasteiger partial charge in [0.25, 0.3) is 0 Å². The second kappa shape index (κ2) is 7.03. The van der Waals surface area contributed by atoms with Gasteiger partial charge in [-0.2, -0.15) is 0 Å². The molecule has 0 fully saturated rings. The molecule has 0 aliphatic heterocycles. The summed E-state index contributed by atoms with van der Waals surface area (Å²) in [6.07, 6.45) is 11.9. The van der Waals surface area contributed by atoms with Gasteiger partial charge in [0.05, 0.1) is 0 Å². The van der Waals surface area contributed by atoms with Gasteiger partial charge in [-0.25, -0.2) is 0 Å². The van der Waals surface area contributed by atoms with Crippen molar-refractivity contribution in [2.45, 2.75) is 19.3 Å². The number of nitrogens with zero attached hydrogens (tertiary/aromatic N) is 2. The zero-order valence-corrected chi connectivity index (χ0v) is 9.32. The first-order chi connectivity index (χ1) is 7.33. The van der Waals surface area contributed by atoms with Crippen molar-refractivity contribution in [1.82, 2.24) is 9.88 Å². The van der Waals surface area contributed by atoms with Crippen LogP contribution in [-0.2, 0) is 6.42 Å². The summed E-state index contributed by atoms with van der Waals surface area (Å²) < 4.78 is 0. The van der Waals surface area contributed by atoms with Crippen LogP contribution in [0.3, 0.4) is 0 Å². The lowest BCUT2D eigenvalue weighted by molar-refractivity contribution is 0.335. The molecule has 0 N–H and O–H groups in total. The van der Waals surface area contributed by atoms with Gasteiger partial charge in [0.2, 0.25) is 0 Å². The normalized spacial score (nSPS) is 10.2. The number of hydrogen-bond donors (Lipinski definition) is 0. The minimum Gasteiger partial charge on any atom is -0.306 e. The van der Waals surface area contributed by atoms with Crippen LogP contribution in [0.5, 0.6) is 0 Å². The largest absolute Gasteiger partial charge is 0.306 e. The number of pyridine rings is 1. The summed E-state index contributed by atoms with van der Waals surface area (Å²) in [5.74, 6) is 2.66. The summed E-state index contributed by atoms with van der Waals surface area (Å²) in [6.45, 7) is 2.16. The van der Waals surface area contributed by atoms with E-state index < -0.39 is 0 Å². The van der Waals surface area contributed by atoms with Gasteiger partial charge in [0, 0.05) is 25.4 Å². The number of hydrogen-bond acceptors (Lipinski definition) is 2. The Morgan fingerprint density at radius 2 is 2.07 bits per heavy atom. The molecule has 15 heavy (non-hydrogen) atoms. The van der Waals surface area contributed by atoms with Crippen molar-refractivity contribution in [2.24, 2.45) is 0 Å². The Bertz CT molecular complexity index is 300. The van der Waals surface area contributed by atoms with Gasteiger partial charge >= 0.3 is 0 Å². The summed E-state index contributed by atoms with van der Waals surface area (Å²) in [5, 5.41) is 0. The van der Waals surface area contributed by atoms with Crippen molar-refractivity contribution >= 4 is 0 Å². The van der Waals surface area contributed by atoms with Crippen LogP contribution in [0.2, 0.25) is 0 Å². The van der Waals surface area contributed by atoms with Gasteiger partial charge in [0.15, 0.2) is 0 Å². The van der Waals surface area contributed by atoms with E-state index in [0.29, 0.717) is 0 Å². The van der Waals surface area contributed by atoms with E-state index in [-0.39, 0.29) is 0 Å². The van der Waals surface area contributed by atoms with E-state index in [9.17, 15) is 0 Å². The Balaban J connectivity index is 2.17. The number of aromatic nitrogens is 1. The molecule has 1 heterocycles. The standard InChI is InChI=1S/C13H18N2/c1-3-4-5-11-15(2)12-8-13-6-9-14-10-7-13/h1,6-7,9-10H,4-5,8,11-12H2,2H3. The minimum absolute atomic E-state index is 0.875. The predicted octanol–water partition coefficient (Wildman–Crippen LogP) is 1.97. The SMILES string of the molecule is C#CCCCN(C)CCc1ccncc1. The highest BCUT2D eigenvalue weighted by molar-refractivity contribution is 5.09. The molecule has 0 unspecified atom stereocenters. The van der Waals surface area contributed by atoms with Crippen molar-refractivity contribution < 1.29 is 0 Å². The Morgan fingerprint density at radius 3 is 2.73 bits per heavy atom. The van der Waals surface area contributed by atoms with E-state index in [1.807, 2.05) is 12.4 Å². The first kappa shape index (κ1) is 11.7. The third-order valence-electron chi connectivity index (χ3n) is 2.39. The fourth-order valence-electron chi connectivity index (χ4n) is 1.43. The molecule has 2 nitrogen and oxygen atoms in total. The minimum atomic E-state index is 0.875. The third-order valence-corrected chi connectivity index (χ3v) is 2.39. The maximum absolute atomic E-state index is 5.20. The molecule has 1 aromatic rings. The average molecular weight is 202 g/mol. The fourth-order valence-corrected chi connectivity index (χ4v) is 1.43. The van der Waals surface area contributed by atoms with Gasteiger partial charge in [-0.15, -0.1) is 12.3 Å². The topological polar surface area (TPSA) is 16.1 Å². The monoisotopic (exact) mass is 202 g/mol. The van der Waals surface area contributed by atoms with Crippen molar-refractivity contribution in [2.75, 3.05) is 20.1 Å². The van der Waals surface area contributed by atoms with Gasteiger partial charge < -0.3 is 4.90 Å².